The molecule has 5 nitrogen and oxygen atoms in total. The van der Waals surface area contributed by atoms with Gasteiger partial charge in [-0.25, -0.2) is 4.39 Å². The summed E-state index contributed by atoms with van der Waals surface area (Å²) in [6.45, 7) is 1.20. The summed E-state index contributed by atoms with van der Waals surface area (Å²) >= 11 is 3.28. The zero-order chi connectivity index (χ0) is 15.0. The van der Waals surface area contributed by atoms with E-state index in [0.717, 1.165) is 0 Å². The molecule has 0 amide bonds. The number of aryl methyl sites for hydroxylation is 1. The van der Waals surface area contributed by atoms with Crippen LogP contribution in [-0.4, -0.2) is 29.0 Å². The summed E-state index contributed by atoms with van der Waals surface area (Å²) in [7, 11) is 1.82. The van der Waals surface area contributed by atoms with E-state index in [1.165, 1.54) is 6.07 Å². The van der Waals surface area contributed by atoms with E-state index in [1.807, 2.05) is 18.0 Å². The summed E-state index contributed by atoms with van der Waals surface area (Å²) < 4.78 is 22.0. The Labute approximate surface area is 129 Å². The van der Waals surface area contributed by atoms with Gasteiger partial charge in [0.05, 0.1) is 36.7 Å². The van der Waals surface area contributed by atoms with Crippen molar-refractivity contribution in [3.05, 3.63) is 40.4 Å². The number of nitriles is 1. The SMILES string of the molecule is Cn1cc(OC2CN(c3cc(Br)c(C#N)cc3F)C2)cn1. The average molecular weight is 351 g/mol. The Kier molecular flexibility index (Phi) is 3.55. The van der Waals surface area contributed by atoms with Crippen LogP contribution in [0.15, 0.2) is 29.0 Å². The maximum absolute atomic E-state index is 14.0. The fourth-order valence-corrected chi connectivity index (χ4v) is 2.65. The topological polar surface area (TPSA) is 54.1 Å². The van der Waals surface area contributed by atoms with Gasteiger partial charge in [0.25, 0.3) is 0 Å². The van der Waals surface area contributed by atoms with Gasteiger partial charge >= 0.3 is 0 Å². The first-order valence-electron chi connectivity index (χ1n) is 6.36. The van der Waals surface area contributed by atoms with E-state index in [4.69, 9.17) is 10.00 Å². The molecule has 0 bridgehead atoms. The molecule has 0 aliphatic carbocycles. The molecule has 0 radical (unpaired) electrons. The summed E-state index contributed by atoms with van der Waals surface area (Å²) in [6, 6.07) is 4.82. The van der Waals surface area contributed by atoms with Crippen LogP contribution >= 0.6 is 15.9 Å². The maximum Gasteiger partial charge on any atom is 0.157 e. The van der Waals surface area contributed by atoms with Crippen LogP contribution in [0.25, 0.3) is 0 Å². The molecule has 0 N–H and O–H groups in total. The Bertz CT molecular complexity index is 718. The first kappa shape index (κ1) is 13.9. The molecule has 1 saturated heterocycles. The Balaban J connectivity index is 1.66. The van der Waals surface area contributed by atoms with Crippen molar-refractivity contribution in [2.24, 2.45) is 7.05 Å². The van der Waals surface area contributed by atoms with E-state index in [0.29, 0.717) is 34.6 Å². The minimum atomic E-state index is -0.394. The van der Waals surface area contributed by atoms with Crippen LogP contribution < -0.4 is 9.64 Å². The number of nitrogens with zero attached hydrogens (tertiary/aromatic N) is 4. The molecular formula is C14H12BrFN4O. The minimum Gasteiger partial charge on any atom is -0.483 e. The molecule has 2 heterocycles. The molecule has 7 heteroatoms. The van der Waals surface area contributed by atoms with Crippen molar-refractivity contribution in [2.45, 2.75) is 6.10 Å². The van der Waals surface area contributed by atoms with E-state index in [9.17, 15) is 4.39 Å². The van der Waals surface area contributed by atoms with Gasteiger partial charge in [0.1, 0.15) is 18.0 Å². The van der Waals surface area contributed by atoms with Crippen molar-refractivity contribution in [3.63, 3.8) is 0 Å². The monoisotopic (exact) mass is 350 g/mol. The number of aromatic nitrogens is 2. The molecule has 1 aromatic heterocycles. The van der Waals surface area contributed by atoms with Gasteiger partial charge < -0.3 is 9.64 Å². The number of hydrogen-bond donors (Lipinski definition) is 0. The smallest absolute Gasteiger partial charge is 0.157 e. The Morgan fingerprint density at radius 1 is 1.48 bits per heavy atom. The highest BCUT2D eigenvalue weighted by atomic mass is 79.9. The van der Waals surface area contributed by atoms with Crippen LogP contribution in [0.1, 0.15) is 5.56 Å². The molecule has 1 aliphatic rings. The fourth-order valence-electron chi connectivity index (χ4n) is 2.23. The van der Waals surface area contributed by atoms with E-state index in [-0.39, 0.29) is 6.10 Å². The number of benzene rings is 1. The molecule has 0 saturated carbocycles. The minimum absolute atomic E-state index is 0.0167. The molecule has 1 aliphatic heterocycles. The zero-order valence-corrected chi connectivity index (χ0v) is 12.8. The number of rotatable bonds is 3. The molecule has 108 valence electrons. The number of anilines is 1. The summed E-state index contributed by atoms with van der Waals surface area (Å²) in [5, 5.41) is 12.9. The van der Waals surface area contributed by atoms with Crippen molar-refractivity contribution in [3.8, 4) is 11.8 Å². The van der Waals surface area contributed by atoms with Gasteiger partial charge in [-0.15, -0.1) is 0 Å². The van der Waals surface area contributed by atoms with E-state index in [2.05, 4.69) is 21.0 Å². The molecule has 1 fully saturated rings. The third-order valence-electron chi connectivity index (χ3n) is 3.33. The van der Waals surface area contributed by atoms with Gasteiger partial charge in [-0.05, 0) is 28.1 Å². The first-order valence-corrected chi connectivity index (χ1v) is 7.15. The van der Waals surface area contributed by atoms with Crippen molar-refractivity contribution < 1.29 is 9.13 Å². The number of hydrogen-bond acceptors (Lipinski definition) is 4. The second-order valence-corrected chi connectivity index (χ2v) is 5.74. The quantitative estimate of drug-likeness (QED) is 0.853. The van der Waals surface area contributed by atoms with E-state index >= 15 is 0 Å². The fraction of sp³-hybridized carbons (Fsp3) is 0.286. The lowest BCUT2D eigenvalue weighted by Gasteiger charge is -2.40. The van der Waals surface area contributed by atoms with Crippen molar-refractivity contribution in [1.82, 2.24) is 9.78 Å². The van der Waals surface area contributed by atoms with Crippen molar-refractivity contribution >= 4 is 21.6 Å². The Morgan fingerprint density at radius 3 is 2.86 bits per heavy atom. The molecule has 1 aromatic carbocycles. The summed E-state index contributed by atoms with van der Waals surface area (Å²) in [5.41, 5.74) is 0.770. The highest BCUT2D eigenvalue weighted by molar-refractivity contribution is 9.10. The van der Waals surface area contributed by atoms with Gasteiger partial charge in [0.15, 0.2) is 5.75 Å². The van der Waals surface area contributed by atoms with Crippen LogP contribution in [0.2, 0.25) is 0 Å². The predicted octanol–water partition coefficient (Wildman–Crippen LogP) is 2.46. The predicted molar refractivity (Wildman–Crippen MR) is 78.7 cm³/mol. The lowest BCUT2D eigenvalue weighted by atomic mass is 10.1. The van der Waals surface area contributed by atoms with E-state index in [1.54, 1.807) is 23.1 Å². The highest BCUT2D eigenvalue weighted by Crippen LogP contribution is 2.31. The Morgan fingerprint density at radius 2 is 2.24 bits per heavy atom. The number of ether oxygens (including phenoxy) is 1. The standard InChI is InChI=1S/C14H12BrFN4O/c1-19-6-10(5-18-19)21-11-7-20(8-11)14-3-12(15)9(4-17)2-13(14)16/h2-3,5-6,11H,7-8H2,1H3. The molecule has 21 heavy (non-hydrogen) atoms. The highest BCUT2D eigenvalue weighted by Gasteiger charge is 2.31. The van der Waals surface area contributed by atoms with Gasteiger partial charge in [-0.1, -0.05) is 0 Å². The van der Waals surface area contributed by atoms with Crippen LogP contribution in [-0.2, 0) is 7.05 Å². The lowest BCUT2D eigenvalue weighted by molar-refractivity contribution is 0.167. The second-order valence-electron chi connectivity index (χ2n) is 4.89. The molecule has 0 unspecified atom stereocenters. The van der Waals surface area contributed by atoms with Gasteiger partial charge in [-0.2, -0.15) is 10.4 Å². The van der Waals surface area contributed by atoms with Crippen molar-refractivity contribution in [2.75, 3.05) is 18.0 Å². The van der Waals surface area contributed by atoms with Gasteiger partial charge in [0, 0.05) is 11.5 Å². The molecule has 0 atom stereocenters. The van der Waals surface area contributed by atoms with Crippen LogP contribution in [0.3, 0.4) is 0 Å². The summed E-state index contributed by atoms with van der Waals surface area (Å²) in [4.78, 5) is 1.88. The Hall–Kier alpha value is -2.07. The van der Waals surface area contributed by atoms with Gasteiger partial charge in [0.2, 0.25) is 0 Å². The third-order valence-corrected chi connectivity index (χ3v) is 3.99. The molecular weight excluding hydrogens is 339 g/mol. The maximum atomic E-state index is 14.0. The van der Waals surface area contributed by atoms with Crippen LogP contribution in [0.4, 0.5) is 10.1 Å². The largest absolute Gasteiger partial charge is 0.483 e. The van der Waals surface area contributed by atoms with Gasteiger partial charge in [-0.3, -0.25) is 4.68 Å². The normalized spacial score (nSPS) is 14.7. The van der Waals surface area contributed by atoms with Crippen LogP contribution in [0.5, 0.6) is 5.75 Å². The van der Waals surface area contributed by atoms with E-state index < -0.39 is 5.82 Å². The zero-order valence-electron chi connectivity index (χ0n) is 11.3. The average Bonchev–Trinajstić information content (AvgIpc) is 2.81. The number of halogens is 2. The summed E-state index contributed by atoms with van der Waals surface area (Å²) in [5.74, 6) is 0.318. The summed E-state index contributed by atoms with van der Waals surface area (Å²) in [6.07, 6.45) is 3.46. The molecule has 2 aromatic rings. The molecule has 0 spiro atoms. The first-order chi connectivity index (χ1) is 10.1. The van der Waals surface area contributed by atoms with Crippen molar-refractivity contribution in [1.29, 1.82) is 5.26 Å². The van der Waals surface area contributed by atoms with Crippen LogP contribution in [0, 0.1) is 17.1 Å². The third kappa shape index (κ3) is 2.72. The second kappa shape index (κ2) is 5.37. The lowest BCUT2D eigenvalue weighted by Crippen LogP contribution is -2.54. The molecule has 3 rings (SSSR count).